The summed E-state index contributed by atoms with van der Waals surface area (Å²) in [7, 11) is 3.97. The summed E-state index contributed by atoms with van der Waals surface area (Å²) in [6.07, 6.45) is 21.2. The van der Waals surface area contributed by atoms with Crippen molar-refractivity contribution in [2.24, 2.45) is 46.8 Å². The number of piperidine rings is 1. The molecule has 0 spiro atoms. The van der Waals surface area contributed by atoms with E-state index in [1.165, 1.54) is 24.3 Å². The minimum absolute atomic E-state index is 0.0174. The van der Waals surface area contributed by atoms with Crippen LogP contribution in [-0.4, -0.2) is 126 Å². The van der Waals surface area contributed by atoms with Gasteiger partial charge in [0.15, 0.2) is 6.04 Å². The summed E-state index contributed by atoms with van der Waals surface area (Å²) in [4.78, 5) is 84.9. The summed E-state index contributed by atoms with van der Waals surface area (Å²) in [5.74, 6) is -1.56. The third kappa shape index (κ3) is 30.1. The highest BCUT2D eigenvalue weighted by molar-refractivity contribution is 8.01. The molecule has 76 heavy (non-hydrogen) atoms. The third-order valence-corrected chi connectivity index (χ3v) is 14.6. The van der Waals surface area contributed by atoms with Crippen LogP contribution in [0.25, 0.3) is 0 Å². The molecule has 436 valence electrons. The van der Waals surface area contributed by atoms with E-state index in [0.29, 0.717) is 53.6 Å². The number of aliphatic carboxylic acids is 1. The Bertz CT molecular complexity index is 1940. The standard InChI is InChI=1S/C25H43N5O3.C17H30N2O3S.C16H31NO3/c1-7-19(16-30(6)15-10-9-14-21(30)23(27)31)12-11-13-20(8-2)29-24(32)18(5)28-25(33)22(26)17(3)4;1-5-7-8-13(6-2)10-14(9-12(3)17(21)22)19-16(20)15(18)11-23-4;1-8-12(4)9-16(19)17(7)15(11(2)3)10-13(5)20-14(6)18/h8,12-13,17-18,21-22H,2,7,9-11,14-16,26H2,1,3-6H3,(H3-,27,28,29,31,32,33);5,7,11-14H,6,8-10,18H2,1-4H3,(H,19,20)(H,21,22);11-13,15H,8-10H2,1-7H3/p+1/b19-12?,20-13+;7-5-,15-11-;/t18?,21-,22+,30?;12?,13?,14-;/m11./s1. The average molecular weight is 1090 g/mol. The van der Waals surface area contributed by atoms with E-state index in [2.05, 4.69) is 83.3 Å². The molecule has 1 aliphatic rings. The largest absolute Gasteiger partial charge is 0.481 e. The zero-order valence-electron chi connectivity index (χ0n) is 49.7. The second-order valence-electron chi connectivity index (χ2n) is 21.5. The molecule has 10 N–H and O–H groups in total. The van der Waals surface area contributed by atoms with E-state index in [9.17, 15) is 33.6 Å². The van der Waals surface area contributed by atoms with Crippen LogP contribution in [0.15, 0.2) is 59.3 Å². The highest BCUT2D eigenvalue weighted by Crippen LogP contribution is 2.27. The molecule has 1 rings (SSSR count). The topological polar surface area (TPSA) is 266 Å². The molecule has 0 aromatic rings. The quantitative estimate of drug-likeness (QED) is 0.0114. The smallest absolute Gasteiger partial charge is 0.306 e. The normalized spacial score (nSPS) is 19.2. The van der Waals surface area contributed by atoms with Crippen molar-refractivity contribution in [3.63, 3.8) is 0 Å². The van der Waals surface area contributed by atoms with Crippen LogP contribution in [0.2, 0.25) is 0 Å². The van der Waals surface area contributed by atoms with E-state index in [0.717, 1.165) is 64.5 Å². The van der Waals surface area contributed by atoms with E-state index < -0.39 is 24.0 Å². The lowest BCUT2D eigenvalue weighted by Crippen LogP contribution is -2.60. The van der Waals surface area contributed by atoms with Gasteiger partial charge in [-0.2, -0.15) is 0 Å². The Hall–Kier alpha value is -4.94. The van der Waals surface area contributed by atoms with Gasteiger partial charge in [0.2, 0.25) is 17.7 Å². The first-order valence-electron chi connectivity index (χ1n) is 27.6. The number of likely N-dealkylation sites (N-methyl/N-ethyl adjacent to an activating group) is 1. The fourth-order valence-corrected chi connectivity index (χ4v) is 9.20. The Morgan fingerprint density at radius 1 is 0.895 bits per heavy atom. The summed E-state index contributed by atoms with van der Waals surface area (Å²) in [5.41, 5.74) is 19.2. The summed E-state index contributed by atoms with van der Waals surface area (Å²) in [6.45, 7) is 30.4. The van der Waals surface area contributed by atoms with Crippen LogP contribution in [0.5, 0.6) is 0 Å². The highest BCUT2D eigenvalue weighted by Gasteiger charge is 2.39. The Balaban J connectivity index is 0. The maximum Gasteiger partial charge on any atom is 0.306 e. The number of nitrogens with two attached hydrogens (primary N) is 3. The van der Waals surface area contributed by atoms with Crippen molar-refractivity contribution >= 4 is 53.2 Å². The summed E-state index contributed by atoms with van der Waals surface area (Å²) in [6, 6.07) is -1.63. The lowest BCUT2D eigenvalue weighted by atomic mass is 9.89. The number of hydrogen-bond donors (Lipinski definition) is 7. The van der Waals surface area contributed by atoms with Crippen LogP contribution in [0, 0.1) is 29.6 Å². The second-order valence-corrected chi connectivity index (χ2v) is 22.2. The Morgan fingerprint density at radius 2 is 1.53 bits per heavy atom. The van der Waals surface area contributed by atoms with Gasteiger partial charge in [0.25, 0.3) is 11.8 Å². The van der Waals surface area contributed by atoms with Crippen LogP contribution in [0.1, 0.15) is 167 Å². The van der Waals surface area contributed by atoms with Crippen LogP contribution in [-0.2, 0) is 38.3 Å². The molecule has 1 aliphatic heterocycles. The van der Waals surface area contributed by atoms with Gasteiger partial charge in [-0.3, -0.25) is 33.6 Å². The SMILES string of the molecule is C/C=C\CC(CC)C[C@@H](CC(C)C(=O)O)NC(=O)/C(N)=C/SC.C=C/C(=C\CC=C(CC)C[N+]1(C)CCCC[C@@H]1C(N)=O)NC(=O)C(C)NC(=O)[C@@H](N)C(C)C.CCC(C)CC(=O)N(C)C(CC(C)OC(C)=O)C(C)C. The van der Waals surface area contributed by atoms with Gasteiger partial charge in [0.1, 0.15) is 24.4 Å². The number of rotatable bonds is 31. The van der Waals surface area contributed by atoms with E-state index >= 15 is 0 Å². The van der Waals surface area contributed by atoms with Crippen molar-refractivity contribution in [1.82, 2.24) is 20.9 Å². The number of thioether (sulfide) groups is 1. The zero-order chi connectivity index (χ0) is 58.9. The number of carbonyl (C=O) groups excluding carboxylic acids is 6. The average Bonchev–Trinajstić information content (AvgIpc) is 3.35. The van der Waals surface area contributed by atoms with Gasteiger partial charge >= 0.3 is 11.9 Å². The van der Waals surface area contributed by atoms with Gasteiger partial charge in [0.05, 0.1) is 25.6 Å². The zero-order valence-corrected chi connectivity index (χ0v) is 50.5. The summed E-state index contributed by atoms with van der Waals surface area (Å²) >= 11 is 1.36. The number of carbonyl (C=O) groups is 7. The molecule has 0 aromatic carbocycles. The van der Waals surface area contributed by atoms with E-state index in [1.54, 1.807) is 25.3 Å². The number of esters is 1. The van der Waals surface area contributed by atoms with Crippen molar-refractivity contribution in [2.45, 2.75) is 203 Å². The molecule has 17 nitrogen and oxygen atoms in total. The molecule has 10 atom stereocenters. The maximum atomic E-state index is 12.5. The first kappa shape index (κ1) is 73.1. The predicted molar refractivity (Wildman–Crippen MR) is 311 cm³/mol. The number of quaternary nitrogens is 1. The molecule has 0 aromatic heterocycles. The lowest BCUT2D eigenvalue weighted by molar-refractivity contribution is -0.925. The van der Waals surface area contributed by atoms with Gasteiger partial charge in [-0.15, -0.1) is 11.8 Å². The molecule has 5 amide bonds. The molecule has 0 bridgehead atoms. The molecule has 0 saturated carbocycles. The molecular weight excluding hydrogens is 985 g/mol. The number of ether oxygens (including phenoxy) is 1. The van der Waals surface area contributed by atoms with Crippen molar-refractivity contribution < 1.29 is 47.9 Å². The molecule has 18 heteroatoms. The fourth-order valence-electron chi connectivity index (χ4n) is 8.84. The molecule has 0 aliphatic carbocycles. The monoisotopic (exact) mass is 1090 g/mol. The summed E-state index contributed by atoms with van der Waals surface area (Å²) in [5, 5.41) is 19.1. The number of amides is 5. The second kappa shape index (κ2) is 39.4. The van der Waals surface area contributed by atoms with E-state index in [1.807, 2.05) is 58.1 Å². The molecule has 1 heterocycles. The Morgan fingerprint density at radius 3 is 2.01 bits per heavy atom. The van der Waals surface area contributed by atoms with E-state index in [-0.39, 0.29) is 71.3 Å². The molecule has 1 saturated heterocycles. The highest BCUT2D eigenvalue weighted by atomic mass is 32.2. The lowest BCUT2D eigenvalue weighted by Gasteiger charge is -2.43. The molecule has 0 radical (unpaired) electrons. The number of likely N-dealkylation sites (tertiary alicyclic amines) is 1. The van der Waals surface area contributed by atoms with Crippen molar-refractivity contribution in [3.05, 3.63) is 59.3 Å². The van der Waals surface area contributed by atoms with Crippen LogP contribution >= 0.6 is 11.8 Å². The van der Waals surface area contributed by atoms with Crippen LogP contribution < -0.4 is 33.2 Å². The predicted octanol–water partition coefficient (Wildman–Crippen LogP) is 8.25. The van der Waals surface area contributed by atoms with Gasteiger partial charge in [0, 0.05) is 51.0 Å². The van der Waals surface area contributed by atoms with Crippen molar-refractivity contribution in [3.8, 4) is 0 Å². The molecule has 7 unspecified atom stereocenters. The molecular formula is C58H105N8O9S+. The number of carboxylic acids is 1. The first-order chi connectivity index (χ1) is 35.5. The minimum atomic E-state index is -0.849. The Labute approximate surface area is 463 Å². The summed E-state index contributed by atoms with van der Waals surface area (Å²) < 4.78 is 5.84. The third-order valence-electron chi connectivity index (χ3n) is 14.1. The van der Waals surface area contributed by atoms with Gasteiger partial charge in [-0.1, -0.05) is 106 Å². The number of primary amides is 1. The van der Waals surface area contributed by atoms with Gasteiger partial charge < -0.3 is 52.4 Å². The van der Waals surface area contributed by atoms with Crippen molar-refractivity contribution in [1.29, 1.82) is 0 Å². The first-order valence-corrected chi connectivity index (χ1v) is 28.8. The van der Waals surface area contributed by atoms with Crippen LogP contribution in [0.4, 0.5) is 0 Å². The number of allylic oxidation sites excluding steroid dienone is 5. The Kier molecular flexibility index (Phi) is 37.9. The number of nitrogens with zero attached hydrogens (tertiary/aromatic N) is 2. The number of carboxylic acid groups (broad SMARTS) is 1. The number of nitrogens with one attached hydrogen (secondary N) is 3. The number of hydrogen-bond acceptors (Lipinski definition) is 11. The van der Waals surface area contributed by atoms with Gasteiger partial charge in [-0.25, -0.2) is 0 Å². The maximum absolute atomic E-state index is 12.5. The van der Waals surface area contributed by atoms with Gasteiger partial charge in [-0.05, 0) is 113 Å². The molecule has 1 fully saturated rings. The van der Waals surface area contributed by atoms with E-state index in [4.69, 9.17) is 27.0 Å². The van der Waals surface area contributed by atoms with Crippen molar-refractivity contribution in [2.75, 3.05) is 33.4 Å². The minimum Gasteiger partial charge on any atom is -0.481 e. The fraction of sp³-hybridized carbons (Fsp3) is 0.707. The van der Waals surface area contributed by atoms with Crippen LogP contribution in [0.3, 0.4) is 0 Å².